The van der Waals surface area contributed by atoms with E-state index in [0.29, 0.717) is 29.3 Å². The fourth-order valence-electron chi connectivity index (χ4n) is 2.68. The van der Waals surface area contributed by atoms with Gasteiger partial charge in [-0.05, 0) is 30.7 Å². The molecule has 1 fully saturated rings. The van der Waals surface area contributed by atoms with Crippen LogP contribution in [0.5, 0.6) is 11.5 Å². The Morgan fingerprint density at radius 1 is 0.920 bits per heavy atom. The maximum absolute atomic E-state index is 12.3. The van der Waals surface area contributed by atoms with E-state index in [1.807, 2.05) is 12.1 Å². The van der Waals surface area contributed by atoms with Crippen LogP contribution in [0.3, 0.4) is 0 Å². The molecule has 2 atom stereocenters. The second-order valence-electron chi connectivity index (χ2n) is 5.86. The molecule has 0 heterocycles. The molecule has 0 aromatic heterocycles. The Bertz CT molecular complexity index is 790. The van der Waals surface area contributed by atoms with Crippen LogP contribution in [0.2, 0.25) is 0 Å². The largest absolute Gasteiger partial charge is 0.497 e. The van der Waals surface area contributed by atoms with Crippen LogP contribution in [-0.2, 0) is 9.59 Å². The van der Waals surface area contributed by atoms with E-state index in [9.17, 15) is 9.59 Å². The predicted octanol–water partition coefficient (Wildman–Crippen LogP) is 2.92. The molecule has 2 N–H and O–H groups in total. The number of carbonyl (C=O) groups is 2. The summed E-state index contributed by atoms with van der Waals surface area (Å²) in [5.41, 5.74) is 1.26. The van der Waals surface area contributed by atoms with Crippen LogP contribution >= 0.6 is 0 Å². The first-order valence-electron chi connectivity index (χ1n) is 8.01. The van der Waals surface area contributed by atoms with E-state index in [-0.39, 0.29) is 23.7 Å². The van der Waals surface area contributed by atoms with Crippen molar-refractivity contribution in [2.75, 3.05) is 24.9 Å². The molecule has 0 saturated heterocycles. The Hall–Kier alpha value is -3.02. The maximum Gasteiger partial charge on any atom is 0.228 e. The first kappa shape index (κ1) is 16.8. The molecule has 2 amide bonds. The van der Waals surface area contributed by atoms with Gasteiger partial charge in [-0.2, -0.15) is 0 Å². The minimum Gasteiger partial charge on any atom is -0.497 e. The van der Waals surface area contributed by atoms with E-state index >= 15 is 0 Å². The molecule has 6 heteroatoms. The zero-order valence-corrected chi connectivity index (χ0v) is 14.1. The van der Waals surface area contributed by atoms with Gasteiger partial charge in [0.25, 0.3) is 0 Å². The normalized spacial score (nSPS) is 18.2. The van der Waals surface area contributed by atoms with Crippen LogP contribution in [-0.4, -0.2) is 26.0 Å². The maximum atomic E-state index is 12.3. The number of nitrogens with one attached hydrogen (secondary N) is 2. The van der Waals surface area contributed by atoms with E-state index in [4.69, 9.17) is 9.47 Å². The number of ether oxygens (including phenoxy) is 2. The van der Waals surface area contributed by atoms with Gasteiger partial charge in [-0.15, -0.1) is 0 Å². The fraction of sp³-hybridized carbons (Fsp3) is 0.263. The van der Waals surface area contributed by atoms with Gasteiger partial charge in [-0.3, -0.25) is 9.59 Å². The number of para-hydroxylation sites is 2. The minimum atomic E-state index is -0.324. The first-order valence-corrected chi connectivity index (χ1v) is 8.01. The lowest BCUT2D eigenvalue weighted by atomic mass is 10.2. The Labute approximate surface area is 146 Å². The standard InChI is InChI=1S/C19H20N2O4/c1-24-13-7-5-6-12(10-13)20-18(22)14-11-15(14)19(23)21-16-8-3-4-9-17(16)25-2/h3-10,14-15H,11H2,1-2H3,(H,20,22)(H,21,23). The molecular weight excluding hydrogens is 320 g/mol. The molecule has 1 saturated carbocycles. The van der Waals surface area contributed by atoms with Crippen LogP contribution in [0.15, 0.2) is 48.5 Å². The lowest BCUT2D eigenvalue weighted by molar-refractivity contribution is -0.122. The zero-order chi connectivity index (χ0) is 17.8. The molecule has 0 spiro atoms. The number of hydrogen-bond donors (Lipinski definition) is 2. The van der Waals surface area contributed by atoms with Gasteiger partial charge in [0.1, 0.15) is 11.5 Å². The van der Waals surface area contributed by atoms with Crippen molar-refractivity contribution >= 4 is 23.2 Å². The number of carbonyl (C=O) groups excluding carboxylic acids is 2. The Morgan fingerprint density at radius 2 is 1.64 bits per heavy atom. The second-order valence-corrected chi connectivity index (χ2v) is 5.86. The summed E-state index contributed by atoms with van der Waals surface area (Å²) in [6, 6.07) is 14.3. The van der Waals surface area contributed by atoms with Crippen molar-refractivity contribution in [1.29, 1.82) is 0 Å². The van der Waals surface area contributed by atoms with E-state index in [1.54, 1.807) is 50.6 Å². The summed E-state index contributed by atoms with van der Waals surface area (Å²) in [6.45, 7) is 0. The van der Waals surface area contributed by atoms with Crippen LogP contribution in [0.1, 0.15) is 6.42 Å². The molecule has 0 aliphatic heterocycles. The molecule has 25 heavy (non-hydrogen) atoms. The van der Waals surface area contributed by atoms with E-state index in [2.05, 4.69) is 10.6 Å². The minimum absolute atomic E-state index is 0.159. The molecule has 1 aliphatic rings. The third-order valence-electron chi connectivity index (χ3n) is 4.17. The van der Waals surface area contributed by atoms with Crippen LogP contribution < -0.4 is 20.1 Å². The van der Waals surface area contributed by atoms with Gasteiger partial charge in [-0.25, -0.2) is 0 Å². The van der Waals surface area contributed by atoms with Crippen molar-refractivity contribution < 1.29 is 19.1 Å². The molecule has 3 rings (SSSR count). The van der Waals surface area contributed by atoms with Crippen molar-refractivity contribution in [3.63, 3.8) is 0 Å². The lowest BCUT2D eigenvalue weighted by Gasteiger charge is -2.10. The molecule has 2 unspecified atom stereocenters. The van der Waals surface area contributed by atoms with Gasteiger partial charge in [0.15, 0.2) is 0 Å². The van der Waals surface area contributed by atoms with Gasteiger partial charge in [0.05, 0.1) is 31.7 Å². The highest BCUT2D eigenvalue weighted by Gasteiger charge is 2.48. The zero-order valence-electron chi connectivity index (χ0n) is 14.1. The molecule has 0 radical (unpaired) electrons. The highest BCUT2D eigenvalue weighted by atomic mass is 16.5. The molecule has 2 aromatic rings. The molecule has 6 nitrogen and oxygen atoms in total. The number of hydrogen-bond acceptors (Lipinski definition) is 4. The quantitative estimate of drug-likeness (QED) is 0.848. The number of methoxy groups -OCH3 is 2. The van der Waals surface area contributed by atoms with Gasteiger partial charge < -0.3 is 20.1 Å². The summed E-state index contributed by atoms with van der Waals surface area (Å²) >= 11 is 0. The molecule has 1 aliphatic carbocycles. The summed E-state index contributed by atoms with van der Waals surface area (Å²) in [6.07, 6.45) is 0.538. The van der Waals surface area contributed by atoms with E-state index in [1.165, 1.54) is 0 Å². The van der Waals surface area contributed by atoms with Crippen molar-refractivity contribution in [1.82, 2.24) is 0 Å². The van der Waals surface area contributed by atoms with Crippen molar-refractivity contribution in [3.8, 4) is 11.5 Å². The van der Waals surface area contributed by atoms with Crippen LogP contribution in [0.4, 0.5) is 11.4 Å². The summed E-state index contributed by atoms with van der Waals surface area (Å²) in [4.78, 5) is 24.7. The topological polar surface area (TPSA) is 76.7 Å². The lowest BCUT2D eigenvalue weighted by Crippen LogP contribution is -2.20. The first-order chi connectivity index (χ1) is 12.1. The Morgan fingerprint density at radius 3 is 2.36 bits per heavy atom. The summed E-state index contributed by atoms with van der Waals surface area (Å²) in [5, 5.41) is 5.65. The molecule has 130 valence electrons. The smallest absolute Gasteiger partial charge is 0.228 e. The van der Waals surface area contributed by atoms with E-state index in [0.717, 1.165) is 0 Å². The molecular formula is C19H20N2O4. The highest BCUT2D eigenvalue weighted by Crippen LogP contribution is 2.41. The number of amides is 2. The highest BCUT2D eigenvalue weighted by molar-refractivity contribution is 6.03. The predicted molar refractivity (Wildman–Crippen MR) is 94.8 cm³/mol. The average Bonchev–Trinajstić information content (AvgIpc) is 3.43. The van der Waals surface area contributed by atoms with Crippen molar-refractivity contribution in [3.05, 3.63) is 48.5 Å². The Balaban J connectivity index is 1.58. The second kappa shape index (κ2) is 7.25. The SMILES string of the molecule is COc1cccc(NC(=O)C2CC2C(=O)Nc2ccccc2OC)c1. The van der Waals surface area contributed by atoms with Crippen LogP contribution in [0.25, 0.3) is 0 Å². The summed E-state index contributed by atoms with van der Waals surface area (Å²) < 4.78 is 10.3. The number of anilines is 2. The third kappa shape index (κ3) is 3.91. The summed E-state index contributed by atoms with van der Waals surface area (Å²) in [7, 11) is 3.12. The monoisotopic (exact) mass is 340 g/mol. The third-order valence-corrected chi connectivity index (χ3v) is 4.17. The molecule has 2 aromatic carbocycles. The van der Waals surface area contributed by atoms with Gasteiger partial charge in [0, 0.05) is 11.8 Å². The molecule has 0 bridgehead atoms. The van der Waals surface area contributed by atoms with Gasteiger partial charge in [-0.1, -0.05) is 18.2 Å². The van der Waals surface area contributed by atoms with Crippen molar-refractivity contribution in [2.24, 2.45) is 11.8 Å². The number of benzene rings is 2. The van der Waals surface area contributed by atoms with Crippen molar-refractivity contribution in [2.45, 2.75) is 6.42 Å². The summed E-state index contributed by atoms with van der Waals surface area (Å²) in [5.74, 6) is 0.285. The van der Waals surface area contributed by atoms with E-state index < -0.39 is 0 Å². The van der Waals surface area contributed by atoms with Crippen LogP contribution in [0, 0.1) is 11.8 Å². The average molecular weight is 340 g/mol. The Kier molecular flexibility index (Phi) is 4.88. The number of rotatable bonds is 6. The fourth-order valence-corrected chi connectivity index (χ4v) is 2.68. The van der Waals surface area contributed by atoms with Gasteiger partial charge in [0.2, 0.25) is 11.8 Å². The van der Waals surface area contributed by atoms with Gasteiger partial charge >= 0.3 is 0 Å².